The van der Waals surface area contributed by atoms with E-state index in [0.29, 0.717) is 16.3 Å². The Morgan fingerprint density at radius 3 is 2.82 bits per heavy atom. The van der Waals surface area contributed by atoms with Gasteiger partial charge in [0.25, 0.3) is 5.56 Å². The summed E-state index contributed by atoms with van der Waals surface area (Å²) in [6.45, 7) is 0.169. The predicted molar refractivity (Wildman–Crippen MR) is 103 cm³/mol. The predicted octanol–water partition coefficient (Wildman–Crippen LogP) is 2.11. The average Bonchev–Trinajstić information content (AvgIpc) is 3.33. The number of aromatic carboxylic acids is 1. The average molecular weight is 399 g/mol. The molecule has 2 heterocycles. The molecule has 0 unspecified atom stereocenters. The first kappa shape index (κ1) is 18.3. The third-order valence-corrected chi connectivity index (χ3v) is 5.31. The Morgan fingerprint density at radius 1 is 1.32 bits per heavy atom. The molecule has 0 spiro atoms. The zero-order chi connectivity index (χ0) is 19.7. The molecule has 4 rings (SSSR count). The number of rotatable bonds is 7. The van der Waals surface area contributed by atoms with E-state index >= 15 is 0 Å². The second kappa shape index (κ2) is 7.51. The minimum atomic E-state index is -1.10. The van der Waals surface area contributed by atoms with Crippen molar-refractivity contribution in [2.45, 2.75) is 30.6 Å². The summed E-state index contributed by atoms with van der Waals surface area (Å²) in [7, 11) is 0. The lowest BCUT2D eigenvalue weighted by Crippen LogP contribution is -2.28. The van der Waals surface area contributed by atoms with Crippen LogP contribution in [0.3, 0.4) is 0 Å². The van der Waals surface area contributed by atoms with Gasteiger partial charge in [-0.15, -0.1) is 0 Å². The highest BCUT2D eigenvalue weighted by Gasteiger charge is 2.23. The van der Waals surface area contributed by atoms with Crippen molar-refractivity contribution >= 4 is 34.5 Å². The van der Waals surface area contributed by atoms with Crippen molar-refractivity contribution in [3.63, 3.8) is 0 Å². The van der Waals surface area contributed by atoms with E-state index in [1.165, 1.54) is 29.0 Å². The normalized spacial score (nSPS) is 13.6. The van der Waals surface area contributed by atoms with Crippen LogP contribution < -0.4 is 10.9 Å². The molecule has 1 aromatic carbocycles. The topological polar surface area (TPSA) is 114 Å². The molecule has 0 bridgehead atoms. The van der Waals surface area contributed by atoms with Gasteiger partial charge in [0.1, 0.15) is 5.76 Å². The lowest BCUT2D eigenvalue weighted by atomic mass is 10.1. The zero-order valence-corrected chi connectivity index (χ0v) is 15.6. The number of nitrogens with one attached hydrogen (secondary N) is 1. The minimum Gasteiger partial charge on any atom is -0.478 e. The maximum absolute atomic E-state index is 13.0. The summed E-state index contributed by atoms with van der Waals surface area (Å²) in [5.74, 6) is -0.521. The number of benzene rings is 1. The van der Waals surface area contributed by atoms with Gasteiger partial charge >= 0.3 is 5.97 Å². The fraction of sp³-hybridized carbons (Fsp3) is 0.263. The van der Waals surface area contributed by atoms with Crippen molar-refractivity contribution in [2.24, 2.45) is 0 Å². The van der Waals surface area contributed by atoms with E-state index in [2.05, 4.69) is 10.3 Å². The van der Waals surface area contributed by atoms with Crippen molar-refractivity contribution in [1.29, 1.82) is 0 Å². The third-order valence-electron chi connectivity index (χ3n) is 4.34. The molecular weight excluding hydrogens is 382 g/mol. The summed E-state index contributed by atoms with van der Waals surface area (Å²) < 4.78 is 6.78. The van der Waals surface area contributed by atoms with Crippen molar-refractivity contribution in [1.82, 2.24) is 14.9 Å². The van der Waals surface area contributed by atoms with E-state index in [4.69, 9.17) is 4.42 Å². The molecular formula is C19H17N3O5S. The SMILES string of the molecule is O=C(CSc1nc2cc(C(=O)O)ccc2c(=O)n1Cc1ccco1)NC1CC1. The molecule has 1 aliphatic rings. The largest absolute Gasteiger partial charge is 0.478 e. The van der Waals surface area contributed by atoms with Crippen LogP contribution in [0.1, 0.15) is 29.0 Å². The van der Waals surface area contributed by atoms with Gasteiger partial charge in [0, 0.05) is 6.04 Å². The smallest absolute Gasteiger partial charge is 0.335 e. The molecule has 1 amide bonds. The second-order valence-electron chi connectivity index (χ2n) is 6.53. The number of hydrogen-bond donors (Lipinski definition) is 2. The molecule has 9 heteroatoms. The van der Waals surface area contributed by atoms with Gasteiger partial charge in [0.15, 0.2) is 5.16 Å². The van der Waals surface area contributed by atoms with Gasteiger partial charge in [-0.3, -0.25) is 14.2 Å². The van der Waals surface area contributed by atoms with E-state index < -0.39 is 5.97 Å². The second-order valence-corrected chi connectivity index (χ2v) is 7.48. The molecule has 0 radical (unpaired) electrons. The van der Waals surface area contributed by atoms with Gasteiger partial charge in [0.05, 0.1) is 35.0 Å². The molecule has 2 aromatic heterocycles. The molecule has 3 aromatic rings. The number of carboxylic acids is 1. The van der Waals surface area contributed by atoms with Crippen LogP contribution in [0.5, 0.6) is 0 Å². The number of amides is 1. The van der Waals surface area contributed by atoms with E-state index in [0.717, 1.165) is 24.6 Å². The van der Waals surface area contributed by atoms with Crippen molar-refractivity contribution < 1.29 is 19.1 Å². The van der Waals surface area contributed by atoms with E-state index in [9.17, 15) is 19.5 Å². The molecule has 0 atom stereocenters. The van der Waals surface area contributed by atoms with Crippen LogP contribution in [0.15, 0.2) is 51.0 Å². The van der Waals surface area contributed by atoms with Gasteiger partial charge in [-0.25, -0.2) is 9.78 Å². The number of nitrogens with zero attached hydrogens (tertiary/aromatic N) is 2. The van der Waals surface area contributed by atoms with Crippen LogP contribution in [0.25, 0.3) is 10.9 Å². The Kier molecular flexibility index (Phi) is 4.91. The molecule has 2 N–H and O–H groups in total. The zero-order valence-electron chi connectivity index (χ0n) is 14.8. The van der Waals surface area contributed by atoms with Gasteiger partial charge in [-0.1, -0.05) is 11.8 Å². The number of carboxylic acid groups (broad SMARTS) is 1. The Balaban J connectivity index is 1.72. The van der Waals surface area contributed by atoms with Crippen molar-refractivity contribution in [3.05, 3.63) is 58.3 Å². The summed E-state index contributed by atoms with van der Waals surface area (Å²) in [6.07, 6.45) is 3.50. The van der Waals surface area contributed by atoms with E-state index in [1.54, 1.807) is 12.1 Å². The van der Waals surface area contributed by atoms with Crippen molar-refractivity contribution in [3.8, 4) is 0 Å². The molecule has 144 valence electrons. The van der Waals surface area contributed by atoms with Crippen molar-refractivity contribution in [2.75, 3.05) is 5.75 Å². The van der Waals surface area contributed by atoms with Gasteiger partial charge in [-0.05, 0) is 43.2 Å². The molecule has 1 fully saturated rings. The highest BCUT2D eigenvalue weighted by atomic mass is 32.2. The monoisotopic (exact) mass is 399 g/mol. The fourth-order valence-corrected chi connectivity index (χ4v) is 3.58. The standard InChI is InChI=1S/C19H17N3O5S/c23-16(20-12-4-5-12)10-28-19-21-15-8-11(18(25)26)3-6-14(15)17(24)22(19)9-13-2-1-7-27-13/h1-3,6-8,12H,4-5,9-10H2,(H,20,23)(H,25,26). The molecule has 0 aliphatic heterocycles. The molecule has 1 saturated carbocycles. The quantitative estimate of drug-likeness (QED) is 0.462. The van der Waals surface area contributed by atoms with Gasteiger partial charge in [0.2, 0.25) is 5.91 Å². The fourth-order valence-electron chi connectivity index (χ4n) is 2.77. The van der Waals surface area contributed by atoms with Crippen LogP contribution in [0, 0.1) is 0 Å². The van der Waals surface area contributed by atoms with E-state index in [1.807, 2.05) is 0 Å². The lowest BCUT2D eigenvalue weighted by molar-refractivity contribution is -0.118. The number of furan rings is 1. The Labute approximate surface area is 163 Å². The summed E-state index contributed by atoms with van der Waals surface area (Å²) in [5.41, 5.74) is 0.0137. The Bertz CT molecular complexity index is 1100. The summed E-state index contributed by atoms with van der Waals surface area (Å²) in [5, 5.41) is 12.7. The van der Waals surface area contributed by atoms with Crippen LogP contribution >= 0.6 is 11.8 Å². The summed E-state index contributed by atoms with van der Waals surface area (Å²) in [4.78, 5) is 40.8. The van der Waals surface area contributed by atoms with Gasteiger partial charge < -0.3 is 14.8 Å². The number of carbonyl (C=O) groups is 2. The lowest BCUT2D eigenvalue weighted by Gasteiger charge is -2.12. The number of thioether (sulfide) groups is 1. The third kappa shape index (κ3) is 3.94. The molecule has 28 heavy (non-hydrogen) atoms. The highest BCUT2D eigenvalue weighted by molar-refractivity contribution is 7.99. The van der Waals surface area contributed by atoms with Crippen LogP contribution in [-0.4, -0.2) is 38.3 Å². The van der Waals surface area contributed by atoms with Crippen LogP contribution in [0.4, 0.5) is 0 Å². The Hall–Kier alpha value is -3.07. The summed E-state index contributed by atoms with van der Waals surface area (Å²) in [6, 6.07) is 7.93. The first-order valence-electron chi connectivity index (χ1n) is 8.73. The molecule has 0 saturated heterocycles. The first-order chi connectivity index (χ1) is 13.5. The molecule has 1 aliphatic carbocycles. The van der Waals surface area contributed by atoms with Crippen LogP contribution in [-0.2, 0) is 11.3 Å². The maximum Gasteiger partial charge on any atom is 0.335 e. The minimum absolute atomic E-state index is 0.0469. The highest BCUT2D eigenvalue weighted by Crippen LogP contribution is 2.22. The van der Waals surface area contributed by atoms with Gasteiger partial charge in [-0.2, -0.15) is 0 Å². The summed E-state index contributed by atoms with van der Waals surface area (Å²) >= 11 is 1.14. The Morgan fingerprint density at radius 2 is 2.14 bits per heavy atom. The number of fused-ring (bicyclic) bond motifs is 1. The molecule has 8 nitrogen and oxygen atoms in total. The van der Waals surface area contributed by atoms with Crippen LogP contribution in [0.2, 0.25) is 0 Å². The number of aromatic nitrogens is 2. The maximum atomic E-state index is 13.0. The number of hydrogen-bond acceptors (Lipinski definition) is 6. The van der Waals surface area contributed by atoms with E-state index in [-0.39, 0.29) is 40.9 Å². The first-order valence-corrected chi connectivity index (χ1v) is 9.72. The number of carbonyl (C=O) groups excluding carboxylic acids is 1.